The molecule has 1 rings (SSSR count). The molecule has 2 N–H and O–H groups in total. The van der Waals surface area contributed by atoms with Crippen LogP contribution in [-0.4, -0.2) is 44.2 Å². The largest absolute Gasteiger partial charge is 0.364 e. The average Bonchev–Trinajstić information content (AvgIpc) is 2.34. The highest BCUT2D eigenvalue weighted by Gasteiger charge is 2.16. The van der Waals surface area contributed by atoms with Crippen LogP contribution in [0.1, 0.15) is 13.3 Å². The Morgan fingerprint density at radius 2 is 2.21 bits per heavy atom. The lowest BCUT2D eigenvalue weighted by atomic mass is 10.4. The second-order valence-corrected chi connectivity index (χ2v) is 5.33. The number of nitrogens with zero attached hydrogens (tertiary/aromatic N) is 3. The summed E-state index contributed by atoms with van der Waals surface area (Å²) >= 11 is 0. The molecule has 0 bridgehead atoms. The number of hydrogen-bond acceptors (Lipinski definition) is 7. The van der Waals surface area contributed by atoms with Crippen molar-refractivity contribution >= 4 is 28.3 Å². The number of hydrogen-bond donors (Lipinski definition) is 2. The van der Waals surface area contributed by atoms with Gasteiger partial charge in [0.25, 0.3) is 0 Å². The summed E-state index contributed by atoms with van der Waals surface area (Å²) in [6.07, 6.45) is 3.45. The number of nitrogens with one attached hydrogen (secondary N) is 2. The van der Waals surface area contributed by atoms with Crippen LogP contribution in [0.4, 0.5) is 17.5 Å². The van der Waals surface area contributed by atoms with Crippen LogP contribution in [0.25, 0.3) is 0 Å². The molecule has 1 atom stereocenters. The van der Waals surface area contributed by atoms with Gasteiger partial charge in [0.05, 0.1) is 4.92 Å². The first-order valence-electron chi connectivity index (χ1n) is 5.83. The fourth-order valence-electron chi connectivity index (χ4n) is 1.36. The fourth-order valence-corrected chi connectivity index (χ4v) is 1.92. The lowest BCUT2D eigenvalue weighted by Gasteiger charge is -2.07. The van der Waals surface area contributed by atoms with Crippen molar-refractivity contribution in [1.29, 1.82) is 0 Å². The molecule has 8 nitrogen and oxygen atoms in total. The third kappa shape index (κ3) is 5.16. The lowest BCUT2D eigenvalue weighted by molar-refractivity contribution is -0.384. The Morgan fingerprint density at radius 1 is 1.47 bits per heavy atom. The van der Waals surface area contributed by atoms with E-state index in [0.717, 1.165) is 0 Å². The van der Waals surface area contributed by atoms with Gasteiger partial charge in [0.15, 0.2) is 0 Å². The third-order valence-electron chi connectivity index (χ3n) is 2.20. The Labute approximate surface area is 113 Å². The van der Waals surface area contributed by atoms with Gasteiger partial charge in [-0.2, -0.15) is 4.98 Å². The predicted molar refractivity (Wildman–Crippen MR) is 74.9 cm³/mol. The molecule has 0 fully saturated rings. The average molecular weight is 287 g/mol. The Balaban J connectivity index is 2.73. The van der Waals surface area contributed by atoms with Crippen LogP contribution in [0, 0.1) is 10.1 Å². The molecule has 0 radical (unpaired) electrons. The van der Waals surface area contributed by atoms with Crippen LogP contribution in [-0.2, 0) is 10.8 Å². The smallest absolute Gasteiger partial charge is 0.329 e. The van der Waals surface area contributed by atoms with Crippen LogP contribution < -0.4 is 10.6 Å². The molecular weight excluding hydrogens is 270 g/mol. The van der Waals surface area contributed by atoms with Gasteiger partial charge in [0, 0.05) is 35.9 Å². The summed E-state index contributed by atoms with van der Waals surface area (Å²) in [4.78, 5) is 18.2. The van der Waals surface area contributed by atoms with Crippen LogP contribution >= 0.6 is 0 Å². The highest BCUT2D eigenvalue weighted by atomic mass is 32.2. The van der Waals surface area contributed by atoms with E-state index < -0.39 is 15.7 Å². The molecule has 1 aromatic heterocycles. The molecule has 9 heteroatoms. The number of rotatable bonds is 8. The summed E-state index contributed by atoms with van der Waals surface area (Å²) in [5.74, 6) is 1.07. The van der Waals surface area contributed by atoms with E-state index in [1.807, 2.05) is 6.92 Å². The Kier molecular flexibility index (Phi) is 6.13. The molecule has 0 spiro atoms. The van der Waals surface area contributed by atoms with Crippen molar-refractivity contribution in [2.45, 2.75) is 13.3 Å². The van der Waals surface area contributed by atoms with Crippen LogP contribution in [0.5, 0.6) is 0 Å². The van der Waals surface area contributed by atoms with E-state index in [9.17, 15) is 14.3 Å². The van der Waals surface area contributed by atoms with E-state index in [1.54, 1.807) is 6.26 Å². The van der Waals surface area contributed by atoms with Crippen molar-refractivity contribution < 1.29 is 9.13 Å². The maximum Gasteiger partial charge on any atom is 0.329 e. The molecule has 0 saturated heterocycles. The summed E-state index contributed by atoms with van der Waals surface area (Å²) in [7, 11) is -0.864. The number of anilines is 2. The van der Waals surface area contributed by atoms with E-state index in [1.165, 1.54) is 6.20 Å². The predicted octanol–water partition coefficient (Wildman–Crippen LogP) is 0.997. The molecule has 1 aromatic rings. The summed E-state index contributed by atoms with van der Waals surface area (Å²) < 4.78 is 10.9. The van der Waals surface area contributed by atoms with E-state index in [2.05, 4.69) is 20.6 Å². The SMILES string of the molecule is CCNc1ncc([N+](=O)[O-])c(NCCCS(C)=O)n1. The Hall–Kier alpha value is -1.77. The standard InChI is InChI=1S/C10H17N5O3S/c1-3-11-10-13-7-8(15(16)17)9(14-10)12-5-4-6-19(2)18/h7H,3-6H2,1-2H3,(H2,11,12,13,14). The second-order valence-electron chi connectivity index (χ2n) is 3.77. The van der Waals surface area contributed by atoms with Gasteiger partial charge in [-0.05, 0) is 13.3 Å². The monoisotopic (exact) mass is 287 g/mol. The summed E-state index contributed by atoms with van der Waals surface area (Å²) in [6, 6.07) is 0. The van der Waals surface area contributed by atoms with Crippen molar-refractivity contribution in [1.82, 2.24) is 9.97 Å². The molecule has 0 aliphatic carbocycles. The minimum atomic E-state index is -0.864. The van der Waals surface area contributed by atoms with Gasteiger partial charge in [-0.3, -0.25) is 14.3 Å². The van der Waals surface area contributed by atoms with E-state index in [-0.39, 0.29) is 11.5 Å². The molecule has 1 unspecified atom stereocenters. The summed E-state index contributed by atoms with van der Waals surface area (Å²) in [6.45, 7) is 2.99. The normalized spacial score (nSPS) is 11.9. The molecule has 106 valence electrons. The van der Waals surface area contributed by atoms with E-state index in [4.69, 9.17) is 0 Å². The number of aromatic nitrogens is 2. The fraction of sp³-hybridized carbons (Fsp3) is 0.600. The minimum Gasteiger partial charge on any atom is -0.364 e. The Bertz CT molecular complexity index is 468. The number of nitro groups is 1. The summed E-state index contributed by atoms with van der Waals surface area (Å²) in [5.41, 5.74) is -0.167. The highest BCUT2D eigenvalue weighted by molar-refractivity contribution is 7.84. The zero-order chi connectivity index (χ0) is 14.3. The molecule has 0 amide bonds. The molecule has 0 aromatic carbocycles. The van der Waals surface area contributed by atoms with Gasteiger partial charge < -0.3 is 10.6 Å². The first-order chi connectivity index (χ1) is 9.04. The van der Waals surface area contributed by atoms with Crippen molar-refractivity contribution in [3.8, 4) is 0 Å². The van der Waals surface area contributed by atoms with Gasteiger partial charge in [0.1, 0.15) is 6.20 Å². The molecule has 0 saturated carbocycles. The quantitative estimate of drug-likeness (QED) is 0.417. The van der Waals surface area contributed by atoms with Gasteiger partial charge in [-0.1, -0.05) is 0 Å². The molecule has 1 heterocycles. The van der Waals surface area contributed by atoms with Crippen LogP contribution in [0.3, 0.4) is 0 Å². The lowest BCUT2D eigenvalue weighted by Crippen LogP contribution is -2.11. The minimum absolute atomic E-state index is 0.167. The van der Waals surface area contributed by atoms with Crippen LogP contribution in [0.15, 0.2) is 6.20 Å². The van der Waals surface area contributed by atoms with Crippen molar-refractivity contribution in [3.05, 3.63) is 16.3 Å². The van der Waals surface area contributed by atoms with E-state index in [0.29, 0.717) is 31.2 Å². The van der Waals surface area contributed by atoms with Gasteiger partial charge in [-0.15, -0.1) is 0 Å². The van der Waals surface area contributed by atoms with Crippen molar-refractivity contribution in [2.24, 2.45) is 0 Å². The first kappa shape index (κ1) is 15.3. The molecule has 19 heavy (non-hydrogen) atoms. The van der Waals surface area contributed by atoms with Crippen molar-refractivity contribution in [3.63, 3.8) is 0 Å². The molecule has 0 aliphatic heterocycles. The zero-order valence-electron chi connectivity index (χ0n) is 10.9. The van der Waals surface area contributed by atoms with Gasteiger partial charge in [0.2, 0.25) is 11.8 Å². The van der Waals surface area contributed by atoms with Crippen molar-refractivity contribution in [2.75, 3.05) is 35.7 Å². The van der Waals surface area contributed by atoms with Gasteiger partial charge >= 0.3 is 5.69 Å². The molecule has 0 aliphatic rings. The topological polar surface area (TPSA) is 110 Å². The highest BCUT2D eigenvalue weighted by Crippen LogP contribution is 2.21. The first-order valence-corrected chi connectivity index (χ1v) is 7.56. The zero-order valence-corrected chi connectivity index (χ0v) is 11.7. The van der Waals surface area contributed by atoms with E-state index >= 15 is 0 Å². The van der Waals surface area contributed by atoms with Crippen LogP contribution in [0.2, 0.25) is 0 Å². The third-order valence-corrected chi connectivity index (χ3v) is 3.07. The maximum absolute atomic E-state index is 10.9. The summed E-state index contributed by atoms with van der Waals surface area (Å²) in [5, 5.41) is 16.6. The maximum atomic E-state index is 10.9. The second kappa shape index (κ2) is 7.62. The molecular formula is C10H17N5O3S. The van der Waals surface area contributed by atoms with Gasteiger partial charge in [-0.25, -0.2) is 4.98 Å². The Morgan fingerprint density at radius 3 is 2.79 bits per heavy atom.